The lowest BCUT2D eigenvalue weighted by atomic mass is 10.2. The van der Waals surface area contributed by atoms with E-state index < -0.39 is 6.10 Å². The molecule has 1 aromatic heterocycles. The molecular formula is C18H19N3O4. The summed E-state index contributed by atoms with van der Waals surface area (Å²) in [5, 5.41) is 2.70. The van der Waals surface area contributed by atoms with Crippen LogP contribution in [0, 0.1) is 0 Å². The van der Waals surface area contributed by atoms with Crippen molar-refractivity contribution in [1.29, 1.82) is 0 Å². The number of ether oxygens (including phenoxy) is 2. The fourth-order valence-electron chi connectivity index (χ4n) is 2.57. The van der Waals surface area contributed by atoms with Crippen LogP contribution < -0.4 is 15.0 Å². The number of pyridine rings is 1. The van der Waals surface area contributed by atoms with Gasteiger partial charge in [0.05, 0.1) is 19.4 Å². The van der Waals surface area contributed by atoms with E-state index in [0.717, 1.165) is 11.3 Å². The van der Waals surface area contributed by atoms with E-state index >= 15 is 0 Å². The van der Waals surface area contributed by atoms with Crippen LogP contribution in [0.5, 0.6) is 5.75 Å². The van der Waals surface area contributed by atoms with Crippen LogP contribution in [-0.4, -0.2) is 36.6 Å². The van der Waals surface area contributed by atoms with Gasteiger partial charge in [-0.3, -0.25) is 14.5 Å². The molecule has 0 bridgehead atoms. The second kappa shape index (κ2) is 7.31. The quantitative estimate of drug-likeness (QED) is 0.899. The summed E-state index contributed by atoms with van der Waals surface area (Å²) in [5.41, 5.74) is 1.42. The average Bonchev–Trinajstić information content (AvgIpc) is 2.65. The molecule has 1 aromatic carbocycles. The number of nitrogens with one attached hydrogen (secondary N) is 1. The van der Waals surface area contributed by atoms with Crippen LogP contribution in [0.4, 0.5) is 11.5 Å². The number of benzene rings is 1. The lowest BCUT2D eigenvalue weighted by Crippen LogP contribution is -2.47. The molecule has 1 aliphatic heterocycles. The molecule has 1 atom stereocenters. The van der Waals surface area contributed by atoms with E-state index in [4.69, 9.17) is 9.47 Å². The number of fused-ring (bicyclic) bond motifs is 1. The van der Waals surface area contributed by atoms with Crippen LogP contribution in [0.3, 0.4) is 0 Å². The molecule has 0 fully saturated rings. The fourth-order valence-corrected chi connectivity index (χ4v) is 2.57. The van der Waals surface area contributed by atoms with Gasteiger partial charge in [0.25, 0.3) is 5.91 Å². The minimum Gasteiger partial charge on any atom is -0.497 e. The first-order chi connectivity index (χ1) is 12.1. The SMILES string of the molecule is COc1cccc(CO[C@@H](C)C(=O)N2CC(=O)Nc3cccnc32)c1. The molecular weight excluding hydrogens is 322 g/mol. The number of amides is 2. The molecule has 1 N–H and O–H groups in total. The van der Waals surface area contributed by atoms with Crippen molar-refractivity contribution in [2.75, 3.05) is 23.9 Å². The molecule has 130 valence electrons. The van der Waals surface area contributed by atoms with E-state index in [9.17, 15) is 9.59 Å². The third-order valence-corrected chi connectivity index (χ3v) is 3.87. The Labute approximate surface area is 145 Å². The first-order valence-electron chi connectivity index (χ1n) is 7.89. The molecule has 2 amide bonds. The molecule has 25 heavy (non-hydrogen) atoms. The Morgan fingerprint density at radius 2 is 2.20 bits per heavy atom. The largest absolute Gasteiger partial charge is 0.497 e. The van der Waals surface area contributed by atoms with Crippen LogP contribution in [0.1, 0.15) is 12.5 Å². The van der Waals surface area contributed by atoms with E-state index in [1.54, 1.807) is 32.4 Å². The van der Waals surface area contributed by atoms with Crippen molar-refractivity contribution < 1.29 is 19.1 Å². The van der Waals surface area contributed by atoms with E-state index in [1.165, 1.54) is 4.90 Å². The molecule has 0 unspecified atom stereocenters. The maximum absolute atomic E-state index is 12.7. The maximum atomic E-state index is 12.7. The molecule has 0 aliphatic carbocycles. The maximum Gasteiger partial charge on any atom is 0.257 e. The normalized spacial score (nSPS) is 14.5. The van der Waals surface area contributed by atoms with Crippen LogP contribution in [0.2, 0.25) is 0 Å². The highest BCUT2D eigenvalue weighted by Crippen LogP contribution is 2.27. The van der Waals surface area contributed by atoms with Gasteiger partial charge >= 0.3 is 0 Å². The van der Waals surface area contributed by atoms with Crippen molar-refractivity contribution in [3.8, 4) is 5.75 Å². The Morgan fingerprint density at radius 1 is 1.36 bits per heavy atom. The van der Waals surface area contributed by atoms with Crippen molar-refractivity contribution in [2.24, 2.45) is 0 Å². The number of anilines is 2. The number of carbonyl (C=O) groups is 2. The van der Waals surface area contributed by atoms with Crippen LogP contribution in [0.15, 0.2) is 42.6 Å². The van der Waals surface area contributed by atoms with Gasteiger partial charge in [0.2, 0.25) is 5.91 Å². The highest BCUT2D eigenvalue weighted by Gasteiger charge is 2.31. The molecule has 2 heterocycles. The summed E-state index contributed by atoms with van der Waals surface area (Å²) in [7, 11) is 1.60. The number of aromatic nitrogens is 1. The standard InChI is InChI=1S/C18H19N3O4/c1-12(25-11-13-5-3-6-14(9-13)24-2)18(23)21-10-16(22)20-15-7-4-8-19-17(15)21/h3-9,12H,10-11H2,1-2H3,(H,20,22)/t12-/m0/s1. The van der Waals surface area contributed by atoms with Crippen molar-refractivity contribution in [2.45, 2.75) is 19.6 Å². The number of carbonyl (C=O) groups excluding carboxylic acids is 2. The smallest absolute Gasteiger partial charge is 0.257 e. The molecule has 0 spiro atoms. The minimum atomic E-state index is -0.716. The van der Waals surface area contributed by atoms with E-state index in [2.05, 4.69) is 10.3 Å². The highest BCUT2D eigenvalue weighted by molar-refractivity contribution is 6.09. The Hall–Kier alpha value is -2.93. The van der Waals surface area contributed by atoms with Gasteiger partial charge in [0.15, 0.2) is 5.82 Å². The highest BCUT2D eigenvalue weighted by atomic mass is 16.5. The second-order valence-corrected chi connectivity index (χ2v) is 5.65. The lowest BCUT2D eigenvalue weighted by molar-refractivity contribution is -0.131. The summed E-state index contributed by atoms with van der Waals surface area (Å²) in [6, 6.07) is 10.9. The zero-order valence-corrected chi connectivity index (χ0v) is 14.1. The Balaban J connectivity index is 1.69. The van der Waals surface area contributed by atoms with Gasteiger partial charge in [0, 0.05) is 6.20 Å². The number of methoxy groups -OCH3 is 1. The van der Waals surface area contributed by atoms with Gasteiger partial charge in [-0.1, -0.05) is 12.1 Å². The predicted octanol–water partition coefficient (Wildman–Crippen LogP) is 1.98. The zero-order valence-electron chi connectivity index (χ0n) is 14.1. The summed E-state index contributed by atoms with van der Waals surface area (Å²) >= 11 is 0. The zero-order chi connectivity index (χ0) is 17.8. The molecule has 2 aromatic rings. The Morgan fingerprint density at radius 3 is 3.00 bits per heavy atom. The van der Waals surface area contributed by atoms with Gasteiger partial charge in [-0.05, 0) is 36.8 Å². The van der Waals surface area contributed by atoms with Crippen molar-refractivity contribution in [3.63, 3.8) is 0 Å². The first kappa shape index (κ1) is 16.9. The number of hydrogen-bond acceptors (Lipinski definition) is 5. The Bertz CT molecular complexity index is 793. The van der Waals surface area contributed by atoms with Crippen LogP contribution in [0.25, 0.3) is 0 Å². The van der Waals surface area contributed by atoms with Gasteiger partial charge in [-0.15, -0.1) is 0 Å². The third kappa shape index (κ3) is 3.77. The summed E-state index contributed by atoms with van der Waals surface area (Å²) in [5.74, 6) is 0.599. The summed E-state index contributed by atoms with van der Waals surface area (Å²) in [6.07, 6.45) is 0.866. The molecule has 3 rings (SSSR count). The topological polar surface area (TPSA) is 80.8 Å². The number of hydrogen-bond donors (Lipinski definition) is 1. The second-order valence-electron chi connectivity index (χ2n) is 5.65. The molecule has 7 nitrogen and oxygen atoms in total. The average molecular weight is 341 g/mol. The summed E-state index contributed by atoms with van der Waals surface area (Å²) in [6.45, 7) is 1.85. The molecule has 0 saturated heterocycles. The molecule has 0 saturated carbocycles. The lowest BCUT2D eigenvalue weighted by Gasteiger charge is -2.29. The first-order valence-corrected chi connectivity index (χ1v) is 7.89. The van der Waals surface area contributed by atoms with Crippen LogP contribution >= 0.6 is 0 Å². The number of rotatable bonds is 5. The molecule has 1 aliphatic rings. The van der Waals surface area contributed by atoms with E-state index in [1.807, 2.05) is 24.3 Å². The van der Waals surface area contributed by atoms with Gasteiger partial charge < -0.3 is 14.8 Å². The van der Waals surface area contributed by atoms with E-state index in [0.29, 0.717) is 11.5 Å². The minimum absolute atomic E-state index is 0.0737. The summed E-state index contributed by atoms with van der Waals surface area (Å²) in [4.78, 5) is 30.1. The van der Waals surface area contributed by atoms with E-state index in [-0.39, 0.29) is 25.0 Å². The monoisotopic (exact) mass is 341 g/mol. The fraction of sp³-hybridized carbons (Fsp3) is 0.278. The van der Waals surface area contributed by atoms with Crippen molar-refractivity contribution in [1.82, 2.24) is 4.98 Å². The van der Waals surface area contributed by atoms with Crippen molar-refractivity contribution >= 4 is 23.3 Å². The Kier molecular flexibility index (Phi) is 4.95. The van der Waals surface area contributed by atoms with Crippen LogP contribution in [-0.2, 0) is 20.9 Å². The van der Waals surface area contributed by atoms with Gasteiger partial charge in [-0.25, -0.2) is 4.98 Å². The number of nitrogens with zero attached hydrogens (tertiary/aromatic N) is 2. The molecule has 0 radical (unpaired) electrons. The molecule has 7 heteroatoms. The van der Waals surface area contributed by atoms with Gasteiger partial charge in [-0.2, -0.15) is 0 Å². The predicted molar refractivity (Wildman–Crippen MR) is 92.5 cm³/mol. The summed E-state index contributed by atoms with van der Waals surface area (Å²) < 4.78 is 10.9. The van der Waals surface area contributed by atoms with Crippen molar-refractivity contribution in [3.05, 3.63) is 48.2 Å². The van der Waals surface area contributed by atoms with Gasteiger partial charge in [0.1, 0.15) is 18.4 Å². The third-order valence-electron chi connectivity index (χ3n) is 3.87.